The molecule has 0 saturated carbocycles. The number of aromatic nitrogens is 1. The number of benzene rings is 2. The second-order valence-corrected chi connectivity index (χ2v) is 13.1. The van der Waals surface area contributed by atoms with Gasteiger partial charge in [-0.2, -0.15) is 0 Å². The van der Waals surface area contributed by atoms with Crippen LogP contribution in [0.1, 0.15) is 28.6 Å². The lowest BCUT2D eigenvalue weighted by molar-refractivity contribution is -0.137. The molecule has 252 valence electrons. The van der Waals surface area contributed by atoms with Gasteiger partial charge in [-0.15, -0.1) is 11.3 Å². The number of carboxylic acid groups (broad SMARTS) is 1. The standard InChI is InChI=1S/C33H34ClFN6O6S/c1-46-19-33-17-39(13-14-41(33)32(45)40(18-33)21-9-6-20(7-10-21)8-11-25(42)43)16-24-26(31(44)47-2)28(22-4-3-5-23(35)27(22)34)38-29(37-24)30-36-12-15-48-30/h3-7,9-10,12,15,28H,8,11,13-14,16-19H2,1-2H3,(H,37,38)(H,42,43)/t28-,33-/m0/s1. The number of halogens is 2. The predicted octanol–water partition coefficient (Wildman–Crippen LogP) is 4.11. The number of esters is 1. The molecule has 6 rings (SSSR count). The summed E-state index contributed by atoms with van der Waals surface area (Å²) in [6.07, 6.45) is 2.07. The summed E-state index contributed by atoms with van der Waals surface area (Å²) in [6, 6.07) is 10.6. The van der Waals surface area contributed by atoms with Crippen molar-refractivity contribution in [2.45, 2.75) is 24.4 Å². The third-order valence-electron chi connectivity index (χ3n) is 8.76. The Hall–Kier alpha value is -4.37. The van der Waals surface area contributed by atoms with E-state index < -0.39 is 29.3 Å². The fourth-order valence-corrected chi connectivity index (χ4v) is 7.39. The number of ether oxygens (including phenoxy) is 2. The Morgan fingerprint density at radius 3 is 2.65 bits per heavy atom. The number of hydrogen-bond donors (Lipinski definition) is 2. The lowest BCUT2D eigenvalue weighted by atomic mass is 9.93. The lowest BCUT2D eigenvalue weighted by Gasteiger charge is -2.45. The van der Waals surface area contributed by atoms with E-state index in [1.165, 1.54) is 30.6 Å². The summed E-state index contributed by atoms with van der Waals surface area (Å²) in [7, 11) is 2.88. The largest absolute Gasteiger partial charge is 0.481 e. The molecule has 15 heteroatoms. The van der Waals surface area contributed by atoms with Gasteiger partial charge in [0.2, 0.25) is 0 Å². The van der Waals surface area contributed by atoms with E-state index in [0.717, 1.165) is 5.56 Å². The summed E-state index contributed by atoms with van der Waals surface area (Å²) < 4.78 is 25.6. The third kappa shape index (κ3) is 6.52. The number of aliphatic imine (C=N–C) groups is 1. The first-order chi connectivity index (χ1) is 23.1. The van der Waals surface area contributed by atoms with Gasteiger partial charge >= 0.3 is 18.0 Å². The number of fused-ring (bicyclic) bond motifs is 1. The molecule has 4 heterocycles. The Bertz CT molecular complexity index is 1770. The Balaban J connectivity index is 1.31. The number of thiazole rings is 1. The molecule has 0 bridgehead atoms. The van der Waals surface area contributed by atoms with E-state index in [-0.39, 0.29) is 36.2 Å². The van der Waals surface area contributed by atoms with E-state index in [9.17, 15) is 18.8 Å². The summed E-state index contributed by atoms with van der Waals surface area (Å²) in [4.78, 5) is 53.1. The molecule has 2 amide bonds. The molecular weight excluding hydrogens is 663 g/mol. The number of carbonyl (C=O) groups is 3. The second-order valence-electron chi connectivity index (χ2n) is 11.8. The molecule has 2 atom stereocenters. The van der Waals surface area contributed by atoms with Gasteiger partial charge in [0.05, 0.1) is 36.4 Å². The van der Waals surface area contributed by atoms with Crippen LogP contribution >= 0.6 is 22.9 Å². The van der Waals surface area contributed by atoms with Gasteiger partial charge in [0.15, 0.2) is 10.8 Å². The van der Waals surface area contributed by atoms with Gasteiger partial charge in [-0.1, -0.05) is 35.9 Å². The van der Waals surface area contributed by atoms with E-state index in [4.69, 9.17) is 31.2 Å². The van der Waals surface area contributed by atoms with Crippen LogP contribution in [0.25, 0.3) is 0 Å². The molecule has 2 aromatic carbocycles. The van der Waals surface area contributed by atoms with Crippen LogP contribution in [0.4, 0.5) is 14.9 Å². The van der Waals surface area contributed by atoms with E-state index in [2.05, 4.69) is 15.2 Å². The van der Waals surface area contributed by atoms with Gasteiger partial charge in [0.25, 0.3) is 0 Å². The highest BCUT2D eigenvalue weighted by Crippen LogP contribution is 2.39. The molecule has 1 aromatic heterocycles. The van der Waals surface area contributed by atoms with Crippen molar-refractivity contribution in [2.24, 2.45) is 4.99 Å². The van der Waals surface area contributed by atoms with Gasteiger partial charge in [-0.25, -0.2) is 19.0 Å². The van der Waals surface area contributed by atoms with Crippen molar-refractivity contribution >= 4 is 52.4 Å². The molecule has 12 nitrogen and oxygen atoms in total. The number of amidine groups is 1. The average Bonchev–Trinajstić information content (AvgIpc) is 3.72. The van der Waals surface area contributed by atoms with Crippen molar-refractivity contribution in [3.05, 3.63) is 92.3 Å². The van der Waals surface area contributed by atoms with Crippen molar-refractivity contribution < 1.29 is 33.4 Å². The zero-order valence-electron chi connectivity index (χ0n) is 26.3. The molecule has 0 spiro atoms. The van der Waals surface area contributed by atoms with Crippen LogP contribution in [0.2, 0.25) is 5.02 Å². The maximum atomic E-state index is 14.7. The molecule has 0 aliphatic carbocycles. The Morgan fingerprint density at radius 2 is 1.96 bits per heavy atom. The van der Waals surface area contributed by atoms with Crippen molar-refractivity contribution in [2.75, 3.05) is 58.5 Å². The van der Waals surface area contributed by atoms with Gasteiger partial charge in [-0.05, 0) is 30.2 Å². The highest BCUT2D eigenvalue weighted by Gasteiger charge is 2.53. The highest BCUT2D eigenvalue weighted by molar-refractivity contribution is 7.11. The number of aryl methyl sites for hydroxylation is 1. The maximum absolute atomic E-state index is 14.7. The maximum Gasteiger partial charge on any atom is 0.338 e. The van der Waals surface area contributed by atoms with E-state index in [0.29, 0.717) is 60.4 Å². The second kappa shape index (κ2) is 14.0. The topological polar surface area (TPSA) is 137 Å². The number of carboxylic acids is 1. The van der Waals surface area contributed by atoms with Crippen LogP contribution in [0.3, 0.4) is 0 Å². The van der Waals surface area contributed by atoms with Gasteiger partial charge in [0, 0.05) is 68.2 Å². The molecule has 0 radical (unpaired) electrons. The van der Waals surface area contributed by atoms with Gasteiger partial charge in [-0.3, -0.25) is 19.6 Å². The quantitative estimate of drug-likeness (QED) is 0.284. The van der Waals surface area contributed by atoms with Gasteiger partial charge < -0.3 is 24.8 Å². The number of nitrogens with one attached hydrogen (secondary N) is 1. The number of anilines is 1. The fourth-order valence-electron chi connectivity index (χ4n) is 6.57. The van der Waals surface area contributed by atoms with Crippen molar-refractivity contribution in [3.8, 4) is 0 Å². The average molecular weight is 697 g/mol. The van der Waals surface area contributed by atoms with Crippen LogP contribution < -0.4 is 10.2 Å². The number of amides is 2. The zero-order valence-corrected chi connectivity index (χ0v) is 27.9. The Morgan fingerprint density at radius 1 is 1.17 bits per heavy atom. The number of piperazine rings is 1. The van der Waals surface area contributed by atoms with Crippen LogP contribution in [0, 0.1) is 5.82 Å². The summed E-state index contributed by atoms with van der Waals surface area (Å²) in [5.41, 5.74) is 1.89. The highest BCUT2D eigenvalue weighted by atomic mass is 35.5. The minimum absolute atomic E-state index is 0.0265. The number of carbonyl (C=O) groups excluding carboxylic acids is 2. The third-order valence-corrected chi connectivity index (χ3v) is 9.94. The molecule has 3 aliphatic heterocycles. The van der Waals surface area contributed by atoms with Crippen molar-refractivity contribution in [1.82, 2.24) is 20.1 Å². The molecule has 2 N–H and O–H groups in total. The SMILES string of the molecule is COC[C@@]12CN(CC3=C(C(=O)OC)[C@H](c4cccc(F)c4Cl)N=C(c4nccs4)N3)CCN1C(=O)N(c1ccc(CCC(=O)O)cc1)C2. The number of methoxy groups -OCH3 is 2. The smallest absolute Gasteiger partial charge is 0.338 e. The van der Waals surface area contributed by atoms with Crippen LogP contribution in [0.15, 0.2) is 70.3 Å². The predicted molar refractivity (Wildman–Crippen MR) is 178 cm³/mol. The molecule has 3 aromatic rings. The number of hydrogen-bond acceptors (Lipinski definition) is 10. The summed E-state index contributed by atoms with van der Waals surface area (Å²) in [5, 5.41) is 14.6. The number of nitrogens with zero attached hydrogens (tertiary/aromatic N) is 5. The van der Waals surface area contributed by atoms with Crippen LogP contribution in [-0.2, 0) is 25.5 Å². The Labute approximate surface area is 285 Å². The number of rotatable bonds is 11. The summed E-state index contributed by atoms with van der Waals surface area (Å²) >= 11 is 7.80. The molecule has 3 aliphatic rings. The zero-order chi connectivity index (χ0) is 34.0. The minimum Gasteiger partial charge on any atom is -0.481 e. The van der Waals surface area contributed by atoms with Crippen LogP contribution in [0.5, 0.6) is 0 Å². The normalized spacial score (nSPS) is 21.2. The first kappa shape index (κ1) is 33.5. The monoisotopic (exact) mass is 696 g/mol. The molecule has 2 fully saturated rings. The van der Waals surface area contributed by atoms with Crippen molar-refractivity contribution in [3.63, 3.8) is 0 Å². The molecule has 48 heavy (non-hydrogen) atoms. The number of aliphatic carboxylic acids is 1. The van der Waals surface area contributed by atoms with Crippen molar-refractivity contribution in [1.29, 1.82) is 0 Å². The Kier molecular flexibility index (Phi) is 9.78. The summed E-state index contributed by atoms with van der Waals surface area (Å²) in [5.74, 6) is -1.72. The molecule has 2 saturated heterocycles. The van der Waals surface area contributed by atoms with E-state index in [1.807, 2.05) is 34.5 Å². The van der Waals surface area contributed by atoms with Gasteiger partial charge in [0.1, 0.15) is 11.9 Å². The lowest BCUT2D eigenvalue weighted by Crippen LogP contribution is -2.64. The molecule has 0 unspecified atom stereocenters. The first-order valence-corrected chi connectivity index (χ1v) is 16.5. The summed E-state index contributed by atoms with van der Waals surface area (Å²) in [6.45, 7) is 2.20. The van der Waals surface area contributed by atoms with E-state index in [1.54, 1.807) is 24.3 Å². The minimum atomic E-state index is -0.966. The molecular formula is C33H34ClFN6O6S. The fraction of sp³-hybridized carbons (Fsp3) is 0.364. The first-order valence-electron chi connectivity index (χ1n) is 15.2. The number of urea groups is 1. The van der Waals surface area contributed by atoms with E-state index >= 15 is 0 Å². The van der Waals surface area contributed by atoms with Crippen LogP contribution in [-0.4, -0.2) is 103 Å².